The summed E-state index contributed by atoms with van der Waals surface area (Å²) in [6, 6.07) is 1.54. The van der Waals surface area contributed by atoms with Gasteiger partial charge in [0.25, 0.3) is 11.8 Å². The highest BCUT2D eigenvalue weighted by Crippen LogP contribution is 2.50. The van der Waals surface area contributed by atoms with E-state index in [1.807, 2.05) is 11.6 Å². The van der Waals surface area contributed by atoms with E-state index in [0.717, 1.165) is 4.90 Å². The third kappa shape index (κ3) is 8.03. The van der Waals surface area contributed by atoms with Gasteiger partial charge in [-0.25, -0.2) is 27.4 Å². The van der Waals surface area contributed by atoms with Gasteiger partial charge in [-0.15, -0.1) is 13.2 Å². The van der Waals surface area contributed by atoms with E-state index in [1.54, 1.807) is 43.3 Å². The van der Waals surface area contributed by atoms with E-state index < -0.39 is 111 Å². The molecule has 3 aliphatic heterocycles. The molecule has 2 aromatic rings. The molecule has 0 radical (unpaired) electrons. The zero-order valence-corrected chi connectivity index (χ0v) is 35.0. The maximum atomic E-state index is 16.5. The summed E-state index contributed by atoms with van der Waals surface area (Å²) < 4.78 is 104. The van der Waals surface area contributed by atoms with Crippen molar-refractivity contribution < 1.29 is 69.0 Å². The maximum absolute atomic E-state index is 16.5. The number of quaternary nitrogens is 1. The summed E-state index contributed by atoms with van der Waals surface area (Å²) in [4.78, 5) is 62.7. The minimum absolute atomic E-state index is 0.0523. The zero-order valence-electron chi connectivity index (χ0n) is 34.2. The molecule has 2 saturated carbocycles. The molecule has 7 rings (SSSR count). The Labute approximate surface area is 350 Å². The van der Waals surface area contributed by atoms with Crippen LogP contribution in [0.1, 0.15) is 71.6 Å². The highest BCUT2D eigenvalue weighted by atomic mass is 32.2. The predicted molar refractivity (Wildman–Crippen MR) is 210 cm³/mol. The average Bonchev–Trinajstić information content (AvgIpc) is 4.12. The van der Waals surface area contributed by atoms with Crippen LogP contribution in [0.2, 0.25) is 0 Å². The Morgan fingerprint density at radius 3 is 2.41 bits per heavy atom. The van der Waals surface area contributed by atoms with Crippen LogP contribution in [-0.2, 0) is 29.1 Å². The Balaban J connectivity index is 1.36. The predicted octanol–water partition coefficient (Wildman–Crippen LogP) is 4.99. The molecule has 0 bridgehead atoms. The fourth-order valence-electron chi connectivity index (χ4n) is 9.63. The van der Waals surface area contributed by atoms with Crippen molar-refractivity contribution in [2.75, 3.05) is 33.5 Å². The fraction of sp³-hybridized carbons (Fsp3) is 0.634. The van der Waals surface area contributed by atoms with E-state index in [2.05, 4.69) is 10.3 Å². The smallest absolute Gasteiger partial charge is 0.494 e. The Morgan fingerprint density at radius 1 is 1.10 bits per heavy atom. The minimum Gasteiger partial charge on any atom is -0.494 e. The van der Waals surface area contributed by atoms with Crippen molar-refractivity contribution in [3.05, 3.63) is 42.6 Å². The number of hydrogen-bond acceptors (Lipinski definition) is 10. The van der Waals surface area contributed by atoms with Crippen molar-refractivity contribution in [2.24, 2.45) is 17.8 Å². The lowest BCUT2D eigenvalue weighted by atomic mass is 9.85. The molecule has 61 heavy (non-hydrogen) atoms. The van der Waals surface area contributed by atoms with E-state index >= 15 is 18.0 Å². The Bertz CT molecular complexity index is 2180. The molecule has 1 aromatic carbocycles. The molecule has 5 aliphatic rings. The molecule has 4 heterocycles. The second kappa shape index (κ2) is 16.6. The fourth-order valence-corrected chi connectivity index (χ4v) is 11.1. The van der Waals surface area contributed by atoms with Crippen LogP contribution in [0.5, 0.6) is 11.6 Å². The van der Waals surface area contributed by atoms with Crippen LogP contribution < -0.4 is 19.5 Å². The van der Waals surface area contributed by atoms with Crippen LogP contribution in [0.15, 0.2) is 42.6 Å². The van der Waals surface area contributed by atoms with Gasteiger partial charge in [0.05, 0.1) is 19.7 Å². The molecule has 4 fully saturated rings. The minimum atomic E-state index is -5.55. The highest BCUT2D eigenvalue weighted by Gasteiger charge is 2.74. The number of aromatic nitrogens is 1. The standard InChI is InChI=1S/C41H51F4N5O10S/c1-24-8-4-5-9-26-20-40(26,37(53)48-61(56,57)39(23-42)14-15-39)47-34(51)31-19-28(60-35-30-11-7-6-10-29(30)32(58-3)21-46-35)22-50(31,41(43,44)45)36(52)33(25(2)18-24)49(38(54)55)27-12-16-59-17-13-27/h5-7,9-11,21,24-28,31,33H,4,8,12-20,22-23H2,1-3H3,(H2-,47,48,51,53,54,55)/p+1/b9-5-/t24-,25+,26+,28+,31-,33-,40+,50?/m0/s1. The quantitative estimate of drug-likeness (QED) is 0.133. The number of amides is 4. The number of allylic oxidation sites excluding steroid dienone is 1. The number of hydrogen-bond donors (Lipinski definition) is 3. The molecule has 1 unspecified atom stereocenters. The normalized spacial score (nSPS) is 32.6. The Morgan fingerprint density at radius 2 is 1.79 bits per heavy atom. The van der Waals surface area contributed by atoms with Crippen LogP contribution >= 0.6 is 0 Å². The summed E-state index contributed by atoms with van der Waals surface area (Å²) in [6.07, 6.45) is -3.80. The van der Waals surface area contributed by atoms with Gasteiger partial charge in [-0.1, -0.05) is 44.2 Å². The Hall–Kier alpha value is -4.56. The zero-order chi connectivity index (χ0) is 44.1. The first-order valence-corrected chi connectivity index (χ1v) is 22.1. The summed E-state index contributed by atoms with van der Waals surface area (Å²) in [5.74, 6) is -6.04. The van der Waals surface area contributed by atoms with Crippen molar-refractivity contribution in [3.8, 4) is 11.6 Å². The number of carbonyl (C=O) groups excluding carboxylic acids is 3. The molecule has 8 atom stereocenters. The third-order valence-electron chi connectivity index (χ3n) is 13.4. The number of carboxylic acid groups (broad SMARTS) is 1. The van der Waals surface area contributed by atoms with Gasteiger partial charge in [-0.05, 0) is 69.3 Å². The lowest BCUT2D eigenvalue weighted by molar-refractivity contribution is -0.969. The van der Waals surface area contributed by atoms with Gasteiger partial charge >= 0.3 is 18.3 Å². The van der Waals surface area contributed by atoms with Crippen molar-refractivity contribution >= 4 is 44.6 Å². The first-order chi connectivity index (χ1) is 28.8. The first-order valence-electron chi connectivity index (χ1n) is 20.6. The molecule has 20 heteroatoms. The summed E-state index contributed by atoms with van der Waals surface area (Å²) in [5.41, 5.74) is -2.07. The number of rotatable bonds is 9. The number of fused-ring (bicyclic) bond motifs is 3. The highest BCUT2D eigenvalue weighted by molar-refractivity contribution is 7.91. The number of sulfonamides is 1. The van der Waals surface area contributed by atoms with E-state index in [4.69, 9.17) is 14.2 Å². The molecule has 15 nitrogen and oxygen atoms in total. The second-order valence-electron chi connectivity index (χ2n) is 17.4. The molecule has 0 spiro atoms. The van der Waals surface area contributed by atoms with Gasteiger partial charge < -0.3 is 24.6 Å². The van der Waals surface area contributed by atoms with Crippen LogP contribution in [0.4, 0.5) is 22.4 Å². The average molecular weight is 883 g/mol. The van der Waals surface area contributed by atoms with Gasteiger partial charge in [0.1, 0.15) is 29.3 Å². The van der Waals surface area contributed by atoms with E-state index in [-0.39, 0.29) is 63.5 Å². The molecule has 2 saturated heterocycles. The second-order valence-corrected chi connectivity index (χ2v) is 19.4. The van der Waals surface area contributed by atoms with Crippen molar-refractivity contribution in [3.63, 3.8) is 0 Å². The van der Waals surface area contributed by atoms with Crippen LogP contribution in [-0.4, -0.2) is 126 Å². The number of nitrogens with one attached hydrogen (secondary N) is 2. The van der Waals surface area contributed by atoms with E-state index in [0.29, 0.717) is 29.4 Å². The number of alkyl halides is 4. The number of carbonyl (C=O) groups is 4. The van der Waals surface area contributed by atoms with E-state index in [9.17, 15) is 32.3 Å². The first kappa shape index (κ1) is 44.5. The van der Waals surface area contributed by atoms with Gasteiger partial charge in [0.2, 0.25) is 15.9 Å². The number of halogens is 4. The monoisotopic (exact) mass is 882 g/mol. The topological polar surface area (TPSA) is 191 Å². The SMILES string of the molecule is COc1cnc(O[C@@H]2C[C@H]3C(=O)N[C@]4(C(=O)NS(=O)(=O)C5(CF)CC5)C[C@H]4/C=C\CC[C@H](C)C[C@@H](C)[C@H](N(C(=O)O)C4CCOCC4)C(=O)[N+]3(C(F)(F)F)C2)c2ccccc12. The maximum Gasteiger partial charge on any atom is 0.569 e. The number of ether oxygens (including phenoxy) is 3. The van der Waals surface area contributed by atoms with Crippen molar-refractivity contribution in [1.29, 1.82) is 0 Å². The molecule has 1 aromatic heterocycles. The molecule has 334 valence electrons. The Kier molecular flexibility index (Phi) is 12.1. The lowest BCUT2D eigenvalue weighted by Crippen LogP contribution is -2.73. The van der Waals surface area contributed by atoms with Gasteiger partial charge in [-0.3, -0.25) is 19.2 Å². The molecular formula is C41H52F4N5O10S+. The van der Waals surface area contributed by atoms with Crippen LogP contribution in [0.3, 0.4) is 0 Å². The summed E-state index contributed by atoms with van der Waals surface area (Å²) >= 11 is 0. The number of benzene rings is 1. The number of nitrogens with zero attached hydrogens (tertiary/aromatic N) is 3. The third-order valence-corrected chi connectivity index (χ3v) is 15.5. The van der Waals surface area contributed by atoms with Crippen LogP contribution in [0.25, 0.3) is 10.8 Å². The van der Waals surface area contributed by atoms with Crippen LogP contribution in [0, 0.1) is 17.8 Å². The van der Waals surface area contributed by atoms with Gasteiger partial charge in [-0.2, -0.15) is 4.48 Å². The number of pyridine rings is 1. The van der Waals surface area contributed by atoms with Gasteiger partial charge in [0.15, 0.2) is 18.2 Å². The number of methoxy groups -OCH3 is 1. The van der Waals surface area contributed by atoms with Crippen molar-refractivity contribution in [1.82, 2.24) is 19.9 Å². The molecule has 4 amide bonds. The summed E-state index contributed by atoms with van der Waals surface area (Å²) in [5, 5.41) is 14.1. The van der Waals surface area contributed by atoms with E-state index in [1.165, 1.54) is 13.3 Å². The molecule has 3 N–H and O–H groups in total. The summed E-state index contributed by atoms with van der Waals surface area (Å²) in [7, 11) is -3.20. The molecular weight excluding hydrogens is 831 g/mol. The van der Waals surface area contributed by atoms with Crippen molar-refractivity contribution in [2.45, 2.75) is 112 Å². The lowest BCUT2D eigenvalue weighted by Gasteiger charge is -2.45. The largest absolute Gasteiger partial charge is 0.569 e. The summed E-state index contributed by atoms with van der Waals surface area (Å²) in [6.45, 7) is 1.17. The molecule has 2 aliphatic carbocycles. The van der Waals surface area contributed by atoms with Gasteiger partial charge in [0, 0.05) is 35.9 Å².